The first-order valence-electron chi connectivity index (χ1n) is 7.70. The Bertz CT molecular complexity index is 862. The highest BCUT2D eigenvalue weighted by molar-refractivity contribution is 6.67. The lowest BCUT2D eigenvalue weighted by atomic mass is 9.84. The SMILES string of the molecule is Cc1cccc(C)c1N1C(=O)C2C(C1=O)C1(Cl)C(Cl)=C(Cl)C2(Cl)C1(Cl)Cl. The van der Waals surface area contributed by atoms with E-state index in [0.29, 0.717) is 5.69 Å². The van der Waals surface area contributed by atoms with Gasteiger partial charge < -0.3 is 0 Å². The summed E-state index contributed by atoms with van der Waals surface area (Å²) in [5.74, 6) is -3.30. The highest BCUT2D eigenvalue weighted by atomic mass is 35.5. The number of nitrogens with zero attached hydrogens (tertiary/aromatic N) is 1. The average Bonchev–Trinajstić information content (AvgIpc) is 2.94. The maximum atomic E-state index is 13.3. The van der Waals surface area contributed by atoms with Crippen molar-refractivity contribution < 1.29 is 9.59 Å². The Kier molecular flexibility index (Phi) is 4.03. The maximum Gasteiger partial charge on any atom is 0.240 e. The molecule has 0 N–H and O–H groups in total. The largest absolute Gasteiger partial charge is 0.274 e. The van der Waals surface area contributed by atoms with Crippen molar-refractivity contribution in [2.45, 2.75) is 27.9 Å². The van der Waals surface area contributed by atoms with Crippen LogP contribution in [0.1, 0.15) is 11.1 Å². The molecular formula is C17H11Cl6NO2. The molecule has 1 aromatic carbocycles. The van der Waals surface area contributed by atoms with Crippen molar-refractivity contribution in [1.29, 1.82) is 0 Å². The zero-order valence-electron chi connectivity index (χ0n) is 13.4. The predicted molar refractivity (Wildman–Crippen MR) is 106 cm³/mol. The molecule has 2 bridgehead atoms. The summed E-state index contributed by atoms with van der Waals surface area (Å²) in [7, 11) is 0. The standard InChI is InChI=1S/C17H11Cl6NO2/c1-6-4-3-5-7(2)10(6)24-13(25)8-9(14(24)26)16(21)12(19)11(18)15(8,20)17(16,22)23/h3-5,8-9H,1-2H3. The molecule has 2 fully saturated rings. The number of carbonyl (C=O) groups is 2. The van der Waals surface area contributed by atoms with Crippen LogP contribution in [0.5, 0.6) is 0 Å². The van der Waals surface area contributed by atoms with Gasteiger partial charge in [-0.2, -0.15) is 0 Å². The number of benzene rings is 1. The van der Waals surface area contributed by atoms with Crippen LogP contribution in [0.3, 0.4) is 0 Å². The van der Waals surface area contributed by atoms with Crippen LogP contribution in [-0.4, -0.2) is 25.9 Å². The van der Waals surface area contributed by atoms with Crippen molar-refractivity contribution >= 4 is 87.1 Å². The summed E-state index contributed by atoms with van der Waals surface area (Å²) in [6.45, 7) is 3.62. The maximum absolute atomic E-state index is 13.3. The lowest BCUT2D eigenvalue weighted by molar-refractivity contribution is -0.123. The van der Waals surface area contributed by atoms with Crippen LogP contribution in [0, 0.1) is 25.7 Å². The quantitative estimate of drug-likeness (QED) is 0.412. The molecule has 0 spiro atoms. The third-order valence-corrected chi connectivity index (χ3v) is 9.83. The molecule has 1 heterocycles. The van der Waals surface area contributed by atoms with Gasteiger partial charge in [0, 0.05) is 0 Å². The Balaban J connectivity index is 1.96. The molecule has 26 heavy (non-hydrogen) atoms. The Morgan fingerprint density at radius 3 is 1.62 bits per heavy atom. The van der Waals surface area contributed by atoms with Crippen molar-refractivity contribution in [1.82, 2.24) is 0 Å². The van der Waals surface area contributed by atoms with Gasteiger partial charge in [-0.25, -0.2) is 4.90 Å². The number of allylic oxidation sites excluding steroid dienone is 2. The Labute approximate surface area is 180 Å². The fourth-order valence-electron chi connectivity index (χ4n) is 4.37. The minimum absolute atomic E-state index is 0.0911. The van der Waals surface area contributed by atoms with Gasteiger partial charge in [-0.15, -0.1) is 23.2 Å². The first-order chi connectivity index (χ1) is 11.9. The van der Waals surface area contributed by atoms with E-state index in [-0.39, 0.29) is 10.1 Å². The Morgan fingerprint density at radius 2 is 1.23 bits per heavy atom. The summed E-state index contributed by atoms with van der Waals surface area (Å²) in [6.07, 6.45) is 0. The molecule has 2 amide bonds. The number of fused-ring (bicyclic) bond motifs is 5. The number of imide groups is 1. The zero-order valence-corrected chi connectivity index (χ0v) is 18.0. The third-order valence-electron chi connectivity index (χ3n) is 5.57. The van der Waals surface area contributed by atoms with Gasteiger partial charge >= 0.3 is 0 Å². The van der Waals surface area contributed by atoms with Crippen LogP contribution < -0.4 is 4.90 Å². The molecular weight excluding hydrogens is 463 g/mol. The number of amides is 2. The number of rotatable bonds is 1. The minimum atomic E-state index is -1.91. The molecule has 4 rings (SSSR count). The van der Waals surface area contributed by atoms with E-state index in [1.807, 2.05) is 32.0 Å². The molecule has 0 aromatic heterocycles. The average molecular weight is 474 g/mol. The second-order valence-corrected chi connectivity index (χ2v) is 10.1. The minimum Gasteiger partial charge on any atom is -0.274 e. The van der Waals surface area contributed by atoms with Gasteiger partial charge in [0.1, 0.15) is 9.75 Å². The van der Waals surface area contributed by atoms with Crippen molar-refractivity contribution in [2.75, 3.05) is 4.90 Å². The molecule has 9 heteroatoms. The van der Waals surface area contributed by atoms with Crippen LogP contribution in [-0.2, 0) is 9.59 Å². The predicted octanol–water partition coefficient (Wildman–Crippen LogP) is 5.25. The van der Waals surface area contributed by atoms with E-state index in [1.165, 1.54) is 0 Å². The van der Waals surface area contributed by atoms with Gasteiger partial charge in [0.15, 0.2) is 4.33 Å². The van der Waals surface area contributed by atoms with Gasteiger partial charge in [0.05, 0.1) is 27.6 Å². The molecule has 1 saturated carbocycles. The summed E-state index contributed by atoms with van der Waals surface area (Å²) in [4.78, 5) is 24.2. The highest BCUT2D eigenvalue weighted by Crippen LogP contribution is 2.77. The third kappa shape index (κ3) is 1.77. The molecule has 1 aliphatic heterocycles. The summed E-state index contributed by atoms with van der Waals surface area (Å²) < 4.78 is -1.91. The number of hydrogen-bond acceptors (Lipinski definition) is 2. The van der Waals surface area contributed by atoms with Crippen LogP contribution in [0.4, 0.5) is 5.69 Å². The summed E-state index contributed by atoms with van der Waals surface area (Å²) >= 11 is 38.9. The molecule has 0 radical (unpaired) electrons. The van der Waals surface area contributed by atoms with E-state index in [2.05, 4.69) is 0 Å². The summed E-state index contributed by atoms with van der Waals surface area (Å²) in [5, 5.41) is -0.182. The van der Waals surface area contributed by atoms with Gasteiger partial charge in [-0.05, 0) is 25.0 Å². The van der Waals surface area contributed by atoms with Crippen molar-refractivity contribution in [3.8, 4) is 0 Å². The first-order valence-corrected chi connectivity index (χ1v) is 9.96. The van der Waals surface area contributed by atoms with E-state index in [4.69, 9.17) is 69.6 Å². The van der Waals surface area contributed by atoms with Gasteiger partial charge in [-0.3, -0.25) is 9.59 Å². The number of alkyl halides is 4. The van der Waals surface area contributed by atoms with Crippen LogP contribution in [0.25, 0.3) is 0 Å². The Morgan fingerprint density at radius 1 is 0.846 bits per heavy atom. The number of aryl methyl sites for hydroxylation is 2. The van der Waals surface area contributed by atoms with E-state index in [9.17, 15) is 9.59 Å². The van der Waals surface area contributed by atoms with Gasteiger partial charge in [0.2, 0.25) is 11.8 Å². The number of halogens is 6. The molecule has 1 saturated heterocycles. The Hall–Kier alpha value is -0.160. The van der Waals surface area contributed by atoms with Crippen molar-refractivity contribution in [3.63, 3.8) is 0 Å². The van der Waals surface area contributed by atoms with Crippen molar-refractivity contribution in [2.24, 2.45) is 11.8 Å². The summed E-state index contributed by atoms with van der Waals surface area (Å²) in [6, 6.07) is 5.46. The number of anilines is 1. The first kappa shape index (κ1) is 19.2. The topological polar surface area (TPSA) is 37.4 Å². The number of carbonyl (C=O) groups excluding carboxylic acids is 2. The van der Waals surface area contributed by atoms with Crippen LogP contribution >= 0.6 is 69.6 Å². The smallest absolute Gasteiger partial charge is 0.240 e. The molecule has 3 aliphatic rings. The van der Waals surface area contributed by atoms with E-state index in [0.717, 1.165) is 16.0 Å². The summed E-state index contributed by atoms with van der Waals surface area (Å²) in [5.41, 5.74) is 2.03. The molecule has 4 unspecified atom stereocenters. The van der Waals surface area contributed by atoms with E-state index in [1.54, 1.807) is 0 Å². The fourth-order valence-corrected chi connectivity index (χ4v) is 7.30. The molecule has 3 nitrogen and oxygen atoms in total. The normalized spacial score (nSPS) is 37.8. The van der Waals surface area contributed by atoms with Crippen molar-refractivity contribution in [3.05, 3.63) is 39.4 Å². The van der Waals surface area contributed by atoms with E-state index >= 15 is 0 Å². The highest BCUT2D eigenvalue weighted by Gasteiger charge is 2.87. The fraction of sp³-hybridized carbons (Fsp3) is 0.412. The second-order valence-electron chi connectivity index (χ2n) is 6.83. The molecule has 1 aromatic rings. The van der Waals surface area contributed by atoms with Gasteiger partial charge in [0.25, 0.3) is 0 Å². The second kappa shape index (κ2) is 5.46. The lowest BCUT2D eigenvalue weighted by Crippen LogP contribution is -2.50. The molecule has 2 aliphatic carbocycles. The number of para-hydroxylation sites is 1. The monoisotopic (exact) mass is 471 g/mol. The molecule has 4 atom stereocenters. The lowest BCUT2D eigenvalue weighted by Gasteiger charge is -2.34. The van der Waals surface area contributed by atoms with Crippen LogP contribution in [0.15, 0.2) is 28.3 Å². The molecule has 138 valence electrons. The zero-order chi connectivity index (χ0) is 19.4. The number of hydrogen-bond donors (Lipinski definition) is 0. The van der Waals surface area contributed by atoms with Gasteiger partial charge in [-0.1, -0.05) is 64.6 Å². The van der Waals surface area contributed by atoms with Crippen LogP contribution in [0.2, 0.25) is 0 Å². The van der Waals surface area contributed by atoms with E-state index < -0.39 is 37.7 Å².